The summed E-state index contributed by atoms with van der Waals surface area (Å²) in [5, 5.41) is 0. The lowest BCUT2D eigenvalue weighted by molar-refractivity contribution is 0.0778. The Labute approximate surface area is 123 Å². The van der Waals surface area contributed by atoms with Gasteiger partial charge in [0.1, 0.15) is 0 Å². The molecule has 1 aromatic carbocycles. The average Bonchev–Trinajstić information content (AvgIpc) is 2.89. The second-order valence-electron chi connectivity index (χ2n) is 4.32. The maximum Gasteiger partial charge on any atom is 0.254 e. The zero-order chi connectivity index (χ0) is 14.5. The topological polar surface area (TPSA) is 64.8 Å². The van der Waals surface area contributed by atoms with Crippen LogP contribution in [0.2, 0.25) is 0 Å². The molecule has 0 bridgehead atoms. The number of hydrogen-bond acceptors (Lipinski definition) is 4. The van der Waals surface area contributed by atoms with Crippen molar-refractivity contribution < 1.29 is 14.3 Å². The Bertz CT molecular complexity index is 545. The molecule has 0 spiro atoms. The van der Waals surface area contributed by atoms with Crippen molar-refractivity contribution in [2.24, 2.45) is 5.73 Å². The Hall–Kier alpha value is -2.08. The molecule has 1 aliphatic heterocycles. The van der Waals surface area contributed by atoms with Gasteiger partial charge in [-0.2, -0.15) is 0 Å². The number of rotatable bonds is 6. The Morgan fingerprint density at radius 3 is 2.90 bits per heavy atom. The quantitative estimate of drug-likeness (QED) is 0.639. The van der Waals surface area contributed by atoms with Gasteiger partial charge < -0.3 is 20.1 Å². The van der Waals surface area contributed by atoms with Gasteiger partial charge >= 0.3 is 0 Å². The maximum atomic E-state index is 12.4. The van der Waals surface area contributed by atoms with E-state index in [1.54, 1.807) is 29.2 Å². The Balaban J connectivity index is 2.13. The van der Waals surface area contributed by atoms with Crippen LogP contribution in [0.4, 0.5) is 0 Å². The maximum absolute atomic E-state index is 12.4. The summed E-state index contributed by atoms with van der Waals surface area (Å²) in [5.41, 5.74) is 6.02. The van der Waals surface area contributed by atoms with E-state index in [-0.39, 0.29) is 12.7 Å². The first-order chi connectivity index (χ1) is 9.61. The van der Waals surface area contributed by atoms with Gasteiger partial charge in [0.15, 0.2) is 11.5 Å². The normalized spacial score (nSPS) is 12.0. The molecule has 0 atom stereocenters. The highest BCUT2D eigenvalue weighted by Gasteiger charge is 2.19. The minimum absolute atomic E-state index is 0.112. The van der Waals surface area contributed by atoms with Crippen LogP contribution in [0.3, 0.4) is 0 Å². The van der Waals surface area contributed by atoms with Gasteiger partial charge in [-0.1, -0.05) is 18.3 Å². The molecule has 0 aliphatic carbocycles. The highest BCUT2D eigenvalue weighted by atomic mass is 32.1. The molecule has 0 aromatic heterocycles. The SMILES string of the molecule is C=CCN(CCC(N)=S)C(=O)c1ccc2c(c1)OCO2. The number of amides is 1. The lowest BCUT2D eigenvalue weighted by Crippen LogP contribution is -2.33. The van der Waals surface area contributed by atoms with E-state index in [0.717, 1.165) is 0 Å². The number of benzene rings is 1. The van der Waals surface area contributed by atoms with Crippen molar-refractivity contribution in [3.63, 3.8) is 0 Å². The minimum atomic E-state index is -0.112. The van der Waals surface area contributed by atoms with Gasteiger partial charge in [-0.3, -0.25) is 4.79 Å². The van der Waals surface area contributed by atoms with Gasteiger partial charge in [-0.05, 0) is 18.2 Å². The summed E-state index contributed by atoms with van der Waals surface area (Å²) in [5.74, 6) is 1.13. The van der Waals surface area contributed by atoms with Crippen molar-refractivity contribution in [1.29, 1.82) is 0 Å². The molecule has 1 amide bonds. The highest BCUT2D eigenvalue weighted by molar-refractivity contribution is 7.80. The Morgan fingerprint density at radius 1 is 1.45 bits per heavy atom. The van der Waals surface area contributed by atoms with Gasteiger partial charge in [0.05, 0.1) is 4.99 Å². The van der Waals surface area contributed by atoms with Gasteiger partial charge in [0, 0.05) is 25.1 Å². The summed E-state index contributed by atoms with van der Waals surface area (Å²) in [6.07, 6.45) is 2.16. The first-order valence-corrected chi connectivity index (χ1v) is 6.60. The third-order valence-corrected chi connectivity index (χ3v) is 3.09. The largest absolute Gasteiger partial charge is 0.454 e. The van der Waals surface area contributed by atoms with E-state index in [1.807, 2.05) is 0 Å². The van der Waals surface area contributed by atoms with E-state index in [2.05, 4.69) is 6.58 Å². The lowest BCUT2D eigenvalue weighted by Gasteiger charge is -2.21. The first kappa shape index (κ1) is 14.3. The van der Waals surface area contributed by atoms with Crippen LogP contribution in [0.25, 0.3) is 0 Å². The van der Waals surface area contributed by atoms with Crippen LogP contribution in [0.15, 0.2) is 30.9 Å². The molecule has 0 saturated carbocycles. The number of nitrogens with two attached hydrogens (primary N) is 1. The van der Waals surface area contributed by atoms with Crippen LogP contribution in [0.1, 0.15) is 16.8 Å². The van der Waals surface area contributed by atoms with Crippen LogP contribution in [0, 0.1) is 0 Å². The van der Waals surface area contributed by atoms with Crippen molar-refractivity contribution in [3.8, 4) is 11.5 Å². The lowest BCUT2D eigenvalue weighted by atomic mass is 10.1. The van der Waals surface area contributed by atoms with E-state index in [1.165, 1.54) is 0 Å². The first-order valence-electron chi connectivity index (χ1n) is 6.20. The molecule has 0 unspecified atom stereocenters. The summed E-state index contributed by atoms with van der Waals surface area (Å²) in [6.45, 7) is 4.75. The molecule has 0 fully saturated rings. The predicted octanol–water partition coefficient (Wildman–Crippen LogP) is 1.72. The molecular weight excluding hydrogens is 276 g/mol. The zero-order valence-electron chi connectivity index (χ0n) is 11.0. The summed E-state index contributed by atoms with van der Waals surface area (Å²) in [4.78, 5) is 14.5. The Morgan fingerprint density at radius 2 is 2.20 bits per heavy atom. The van der Waals surface area contributed by atoms with E-state index < -0.39 is 0 Å². The molecule has 2 N–H and O–H groups in total. The van der Waals surface area contributed by atoms with Gasteiger partial charge in [-0.25, -0.2) is 0 Å². The van der Waals surface area contributed by atoms with Crippen molar-refractivity contribution in [1.82, 2.24) is 4.90 Å². The van der Waals surface area contributed by atoms with Crippen LogP contribution >= 0.6 is 12.2 Å². The Kier molecular flexibility index (Phi) is 4.57. The second-order valence-corrected chi connectivity index (χ2v) is 4.85. The highest BCUT2D eigenvalue weighted by Crippen LogP contribution is 2.32. The van der Waals surface area contributed by atoms with Gasteiger partial charge in [-0.15, -0.1) is 6.58 Å². The van der Waals surface area contributed by atoms with E-state index in [4.69, 9.17) is 27.4 Å². The third-order valence-electron chi connectivity index (χ3n) is 2.88. The van der Waals surface area contributed by atoms with Crippen LogP contribution in [0.5, 0.6) is 11.5 Å². The van der Waals surface area contributed by atoms with Crippen molar-refractivity contribution in [3.05, 3.63) is 36.4 Å². The predicted molar refractivity (Wildman–Crippen MR) is 80.1 cm³/mol. The number of nitrogens with zero attached hydrogens (tertiary/aromatic N) is 1. The van der Waals surface area contributed by atoms with Crippen molar-refractivity contribution in [2.75, 3.05) is 19.9 Å². The number of ether oxygens (including phenoxy) is 2. The smallest absolute Gasteiger partial charge is 0.254 e. The molecule has 1 aliphatic rings. The number of thiocarbonyl (C=S) groups is 1. The van der Waals surface area contributed by atoms with Crippen molar-refractivity contribution in [2.45, 2.75) is 6.42 Å². The van der Waals surface area contributed by atoms with Crippen LogP contribution < -0.4 is 15.2 Å². The summed E-state index contributed by atoms with van der Waals surface area (Å²) in [7, 11) is 0. The molecular formula is C14H16N2O3S. The fourth-order valence-corrected chi connectivity index (χ4v) is 1.98. The van der Waals surface area contributed by atoms with Crippen LogP contribution in [-0.2, 0) is 0 Å². The van der Waals surface area contributed by atoms with E-state index in [0.29, 0.717) is 41.6 Å². The molecule has 5 nitrogen and oxygen atoms in total. The van der Waals surface area contributed by atoms with Crippen LogP contribution in [-0.4, -0.2) is 35.7 Å². The van der Waals surface area contributed by atoms with Gasteiger partial charge in [0.25, 0.3) is 5.91 Å². The summed E-state index contributed by atoms with van der Waals surface area (Å²) < 4.78 is 10.5. The van der Waals surface area contributed by atoms with Gasteiger partial charge in [0.2, 0.25) is 6.79 Å². The fourth-order valence-electron chi connectivity index (χ4n) is 1.89. The molecule has 0 saturated heterocycles. The number of carbonyl (C=O) groups excluding carboxylic acids is 1. The second kappa shape index (κ2) is 6.38. The molecule has 106 valence electrons. The average molecular weight is 292 g/mol. The molecule has 1 aromatic rings. The monoisotopic (exact) mass is 292 g/mol. The summed E-state index contributed by atoms with van der Waals surface area (Å²) >= 11 is 4.84. The fraction of sp³-hybridized carbons (Fsp3) is 0.286. The number of fused-ring (bicyclic) bond motifs is 1. The van der Waals surface area contributed by atoms with Crippen molar-refractivity contribution >= 4 is 23.1 Å². The molecule has 20 heavy (non-hydrogen) atoms. The van der Waals surface area contributed by atoms with E-state index in [9.17, 15) is 4.79 Å². The molecule has 6 heteroatoms. The minimum Gasteiger partial charge on any atom is -0.454 e. The number of hydrogen-bond donors (Lipinski definition) is 1. The van der Waals surface area contributed by atoms with E-state index >= 15 is 0 Å². The molecule has 1 heterocycles. The molecule has 0 radical (unpaired) electrons. The number of carbonyl (C=O) groups is 1. The third kappa shape index (κ3) is 3.27. The summed E-state index contributed by atoms with van der Waals surface area (Å²) in [6, 6.07) is 5.13. The standard InChI is InChI=1S/C14H16N2O3S/c1-2-6-16(7-5-13(15)20)14(17)10-3-4-11-12(8-10)19-9-18-11/h2-4,8H,1,5-7,9H2,(H2,15,20). The molecule has 2 rings (SSSR count). The zero-order valence-corrected chi connectivity index (χ0v) is 11.8.